The number of hydrogen-bond donors (Lipinski definition) is 2. The second-order valence-corrected chi connectivity index (χ2v) is 6.82. The standard InChI is InChI=1S/C15H23N3O4S/c19-12(16-7-8-18-14(21)5-6-15(18)22)9-23-10-13(20)17-11-3-1-2-4-11/h11H,1-10H2,(H,16,19)(H,17,20). The quantitative estimate of drug-likeness (QED) is 0.608. The second-order valence-electron chi connectivity index (χ2n) is 5.83. The topological polar surface area (TPSA) is 95.6 Å². The molecule has 23 heavy (non-hydrogen) atoms. The Morgan fingerprint density at radius 2 is 1.65 bits per heavy atom. The number of likely N-dealkylation sites (tertiary alicyclic amines) is 1. The summed E-state index contributed by atoms with van der Waals surface area (Å²) in [5.41, 5.74) is 0. The minimum atomic E-state index is -0.192. The molecule has 1 saturated heterocycles. The Labute approximate surface area is 139 Å². The van der Waals surface area contributed by atoms with E-state index in [1.165, 1.54) is 29.5 Å². The Morgan fingerprint density at radius 1 is 1.04 bits per heavy atom. The van der Waals surface area contributed by atoms with Gasteiger partial charge in [0.15, 0.2) is 0 Å². The van der Waals surface area contributed by atoms with Crippen molar-refractivity contribution in [3.63, 3.8) is 0 Å². The van der Waals surface area contributed by atoms with Crippen molar-refractivity contribution >= 4 is 35.4 Å². The summed E-state index contributed by atoms with van der Waals surface area (Å²) in [6.45, 7) is 0.474. The lowest BCUT2D eigenvalue weighted by atomic mass is 10.2. The molecule has 1 aliphatic carbocycles. The largest absolute Gasteiger partial charge is 0.354 e. The number of imide groups is 1. The Balaban J connectivity index is 1.52. The van der Waals surface area contributed by atoms with Gasteiger partial charge >= 0.3 is 0 Å². The summed E-state index contributed by atoms with van der Waals surface area (Å²) in [5, 5.41) is 5.63. The SMILES string of the molecule is O=C(CSCC(=O)NC1CCCC1)NCCN1C(=O)CCC1=O. The lowest BCUT2D eigenvalue weighted by Gasteiger charge is -2.14. The normalized spacial score (nSPS) is 18.5. The van der Waals surface area contributed by atoms with Gasteiger partial charge in [-0.05, 0) is 12.8 Å². The molecular weight excluding hydrogens is 318 g/mol. The molecule has 2 rings (SSSR count). The summed E-state index contributed by atoms with van der Waals surface area (Å²) in [5.74, 6) is -0.109. The molecule has 1 saturated carbocycles. The molecule has 0 bridgehead atoms. The van der Waals surface area contributed by atoms with E-state index in [9.17, 15) is 19.2 Å². The molecule has 0 radical (unpaired) electrons. The highest BCUT2D eigenvalue weighted by molar-refractivity contribution is 8.00. The highest BCUT2D eigenvalue weighted by atomic mass is 32.2. The van der Waals surface area contributed by atoms with Gasteiger partial charge in [0.2, 0.25) is 23.6 Å². The van der Waals surface area contributed by atoms with Crippen molar-refractivity contribution in [3.8, 4) is 0 Å². The summed E-state index contributed by atoms with van der Waals surface area (Å²) in [7, 11) is 0. The summed E-state index contributed by atoms with van der Waals surface area (Å²) in [4.78, 5) is 47.3. The Kier molecular flexibility index (Phi) is 6.88. The Bertz CT molecular complexity index is 461. The fourth-order valence-electron chi connectivity index (χ4n) is 2.81. The van der Waals surface area contributed by atoms with Crippen molar-refractivity contribution in [2.45, 2.75) is 44.6 Å². The number of nitrogens with one attached hydrogen (secondary N) is 2. The van der Waals surface area contributed by atoms with Crippen molar-refractivity contribution in [3.05, 3.63) is 0 Å². The van der Waals surface area contributed by atoms with Crippen LogP contribution in [0.15, 0.2) is 0 Å². The van der Waals surface area contributed by atoms with E-state index in [-0.39, 0.29) is 61.1 Å². The molecule has 4 amide bonds. The van der Waals surface area contributed by atoms with E-state index in [1.807, 2.05) is 0 Å². The molecule has 2 N–H and O–H groups in total. The first-order valence-electron chi connectivity index (χ1n) is 8.03. The monoisotopic (exact) mass is 341 g/mol. The second kappa shape index (κ2) is 8.90. The van der Waals surface area contributed by atoms with Gasteiger partial charge in [0.25, 0.3) is 0 Å². The van der Waals surface area contributed by atoms with Crippen LogP contribution in [0, 0.1) is 0 Å². The van der Waals surface area contributed by atoms with Crippen LogP contribution in [0.1, 0.15) is 38.5 Å². The fraction of sp³-hybridized carbons (Fsp3) is 0.733. The Morgan fingerprint density at radius 3 is 2.30 bits per heavy atom. The van der Waals surface area contributed by atoms with Gasteiger partial charge in [-0.3, -0.25) is 24.1 Å². The van der Waals surface area contributed by atoms with Crippen LogP contribution in [-0.4, -0.2) is 59.2 Å². The van der Waals surface area contributed by atoms with Gasteiger partial charge < -0.3 is 10.6 Å². The van der Waals surface area contributed by atoms with Crippen LogP contribution in [0.4, 0.5) is 0 Å². The predicted molar refractivity (Wildman–Crippen MR) is 86.7 cm³/mol. The minimum absolute atomic E-state index is 0.0250. The molecule has 1 heterocycles. The van der Waals surface area contributed by atoms with Crippen molar-refractivity contribution in [2.24, 2.45) is 0 Å². The maximum absolute atomic E-state index is 11.7. The molecule has 0 aromatic heterocycles. The lowest BCUT2D eigenvalue weighted by molar-refractivity contribution is -0.138. The number of hydrogen-bond acceptors (Lipinski definition) is 5. The van der Waals surface area contributed by atoms with Crippen molar-refractivity contribution in [1.82, 2.24) is 15.5 Å². The number of carbonyl (C=O) groups is 4. The van der Waals surface area contributed by atoms with Crippen LogP contribution >= 0.6 is 11.8 Å². The molecule has 0 spiro atoms. The van der Waals surface area contributed by atoms with Gasteiger partial charge in [-0.25, -0.2) is 0 Å². The summed E-state index contributed by atoms with van der Waals surface area (Å²) >= 11 is 1.27. The highest BCUT2D eigenvalue weighted by Crippen LogP contribution is 2.17. The minimum Gasteiger partial charge on any atom is -0.354 e. The molecular formula is C15H23N3O4S. The first kappa shape index (κ1) is 17.8. The average Bonchev–Trinajstić information content (AvgIpc) is 3.11. The van der Waals surface area contributed by atoms with Gasteiger partial charge in [-0.2, -0.15) is 0 Å². The summed E-state index contributed by atoms with van der Waals surface area (Å²) in [6.07, 6.45) is 4.96. The highest BCUT2D eigenvalue weighted by Gasteiger charge is 2.28. The third-order valence-electron chi connectivity index (χ3n) is 4.00. The maximum Gasteiger partial charge on any atom is 0.230 e. The fourth-order valence-corrected chi connectivity index (χ4v) is 3.46. The van der Waals surface area contributed by atoms with Crippen LogP contribution in [0.2, 0.25) is 0 Å². The van der Waals surface area contributed by atoms with Crippen molar-refractivity contribution in [2.75, 3.05) is 24.6 Å². The zero-order valence-electron chi connectivity index (χ0n) is 13.1. The third kappa shape index (κ3) is 5.85. The molecule has 7 nitrogen and oxygen atoms in total. The number of amides is 4. The molecule has 0 aromatic carbocycles. The first-order valence-corrected chi connectivity index (χ1v) is 9.18. The van der Waals surface area contributed by atoms with Gasteiger partial charge in [-0.1, -0.05) is 12.8 Å². The van der Waals surface area contributed by atoms with Crippen molar-refractivity contribution in [1.29, 1.82) is 0 Å². The van der Waals surface area contributed by atoms with E-state index in [0.29, 0.717) is 6.04 Å². The summed E-state index contributed by atoms with van der Waals surface area (Å²) in [6, 6.07) is 0.299. The van der Waals surface area contributed by atoms with Gasteiger partial charge in [0.1, 0.15) is 0 Å². The molecule has 128 valence electrons. The van der Waals surface area contributed by atoms with E-state index < -0.39 is 0 Å². The van der Waals surface area contributed by atoms with Gasteiger partial charge in [-0.15, -0.1) is 11.8 Å². The molecule has 0 atom stereocenters. The number of rotatable bonds is 8. The lowest BCUT2D eigenvalue weighted by Crippen LogP contribution is -2.38. The number of carbonyl (C=O) groups excluding carboxylic acids is 4. The van der Waals surface area contributed by atoms with Gasteiger partial charge in [0.05, 0.1) is 11.5 Å². The maximum atomic E-state index is 11.7. The molecule has 0 unspecified atom stereocenters. The van der Waals surface area contributed by atoms with Crippen LogP contribution < -0.4 is 10.6 Å². The van der Waals surface area contributed by atoms with E-state index in [0.717, 1.165) is 12.8 Å². The predicted octanol–water partition coefficient (Wildman–Crippen LogP) is 0.0436. The van der Waals surface area contributed by atoms with Crippen LogP contribution in [-0.2, 0) is 19.2 Å². The van der Waals surface area contributed by atoms with Crippen LogP contribution in [0.5, 0.6) is 0 Å². The molecule has 2 aliphatic rings. The Hall–Kier alpha value is -1.57. The van der Waals surface area contributed by atoms with E-state index in [2.05, 4.69) is 10.6 Å². The zero-order valence-corrected chi connectivity index (χ0v) is 14.0. The van der Waals surface area contributed by atoms with Crippen LogP contribution in [0.25, 0.3) is 0 Å². The van der Waals surface area contributed by atoms with E-state index in [1.54, 1.807) is 0 Å². The molecule has 1 aliphatic heterocycles. The zero-order chi connectivity index (χ0) is 16.7. The van der Waals surface area contributed by atoms with Gasteiger partial charge in [0, 0.05) is 32.0 Å². The van der Waals surface area contributed by atoms with Crippen LogP contribution in [0.3, 0.4) is 0 Å². The smallest absolute Gasteiger partial charge is 0.230 e. The summed E-state index contributed by atoms with van der Waals surface area (Å²) < 4.78 is 0. The number of nitrogens with zero attached hydrogens (tertiary/aromatic N) is 1. The van der Waals surface area contributed by atoms with E-state index in [4.69, 9.17) is 0 Å². The molecule has 0 aromatic rings. The molecule has 2 fully saturated rings. The molecule has 8 heteroatoms. The number of thioether (sulfide) groups is 1. The third-order valence-corrected chi connectivity index (χ3v) is 4.93. The first-order chi connectivity index (χ1) is 11.1. The van der Waals surface area contributed by atoms with E-state index >= 15 is 0 Å². The van der Waals surface area contributed by atoms with Crippen molar-refractivity contribution < 1.29 is 19.2 Å². The average molecular weight is 341 g/mol.